The van der Waals surface area contributed by atoms with Gasteiger partial charge in [0.1, 0.15) is 5.82 Å². The lowest BCUT2D eigenvalue weighted by atomic mass is 9.95. The van der Waals surface area contributed by atoms with Crippen molar-refractivity contribution in [2.45, 2.75) is 75.1 Å². The summed E-state index contributed by atoms with van der Waals surface area (Å²) in [6, 6.07) is 8.80. The summed E-state index contributed by atoms with van der Waals surface area (Å²) in [6.45, 7) is 4.80. The van der Waals surface area contributed by atoms with Crippen molar-refractivity contribution in [3.8, 4) is 0 Å². The van der Waals surface area contributed by atoms with Crippen LogP contribution in [0.3, 0.4) is 0 Å². The van der Waals surface area contributed by atoms with Crippen LogP contribution in [0.15, 0.2) is 47.4 Å². The van der Waals surface area contributed by atoms with Crippen LogP contribution in [-0.2, 0) is 27.4 Å². The van der Waals surface area contributed by atoms with Gasteiger partial charge in [-0.25, -0.2) is 12.8 Å². The van der Waals surface area contributed by atoms with Crippen molar-refractivity contribution in [1.29, 1.82) is 0 Å². The summed E-state index contributed by atoms with van der Waals surface area (Å²) in [5, 5.41) is 22.7. The number of aliphatic hydroxyl groups excluding tert-OH is 1. The van der Waals surface area contributed by atoms with E-state index >= 15 is 0 Å². The number of aliphatic hydroxyl groups is 1. The Kier molecular flexibility index (Phi) is 11.1. The first kappa shape index (κ1) is 32.7. The normalized spacial score (nSPS) is 14.4. The van der Waals surface area contributed by atoms with E-state index in [0.717, 1.165) is 23.5 Å². The Morgan fingerprint density at radius 3 is 2.36 bits per heavy atom. The molecule has 0 aliphatic rings. The van der Waals surface area contributed by atoms with Crippen LogP contribution in [0.5, 0.6) is 0 Å². The van der Waals surface area contributed by atoms with Crippen molar-refractivity contribution in [1.82, 2.24) is 9.62 Å². The molecule has 0 bridgehead atoms. The SMILES string of the molecule is CC(CC(=O)O)c1cc(C(F)(F)F)cc(S(=O)(=O)N(C)CC(O)CNC(C)(C)CCCc2ccccc2F)c1. The molecule has 218 valence electrons. The number of rotatable bonds is 14. The number of aryl methyl sites for hydroxylation is 1. The Morgan fingerprint density at radius 1 is 1.13 bits per heavy atom. The van der Waals surface area contributed by atoms with E-state index in [9.17, 15) is 35.9 Å². The van der Waals surface area contributed by atoms with Crippen LogP contribution in [0.25, 0.3) is 0 Å². The zero-order chi connectivity index (χ0) is 29.6. The van der Waals surface area contributed by atoms with Gasteiger partial charge in [-0.15, -0.1) is 0 Å². The summed E-state index contributed by atoms with van der Waals surface area (Å²) in [4.78, 5) is 10.4. The third kappa shape index (κ3) is 9.86. The van der Waals surface area contributed by atoms with E-state index in [0.29, 0.717) is 30.9 Å². The van der Waals surface area contributed by atoms with Crippen LogP contribution in [-0.4, -0.2) is 60.7 Å². The fourth-order valence-electron chi connectivity index (χ4n) is 4.14. The number of alkyl halides is 3. The Labute approximate surface area is 226 Å². The van der Waals surface area contributed by atoms with E-state index in [1.165, 1.54) is 13.0 Å². The molecular weight excluding hydrogens is 540 g/mol. The summed E-state index contributed by atoms with van der Waals surface area (Å²) >= 11 is 0. The standard InChI is InChI=1S/C27H36F4N2O5S/c1-18(12-25(35)36)20-13-21(27(29,30)31)15-23(14-20)39(37,38)33(4)17-22(34)16-32-26(2,3)11-7-9-19-8-5-6-10-24(19)28/h5-6,8,10,13-15,18,22,32,34H,7,9,11-12,16-17H2,1-4H3,(H,35,36). The molecule has 0 aromatic heterocycles. The second-order valence-corrected chi connectivity index (χ2v) is 12.5. The van der Waals surface area contributed by atoms with E-state index in [1.54, 1.807) is 18.2 Å². The monoisotopic (exact) mass is 576 g/mol. The number of carboxylic acids is 1. The number of halogens is 4. The Hall–Kier alpha value is -2.54. The van der Waals surface area contributed by atoms with Crippen molar-refractivity contribution in [3.05, 3.63) is 65.0 Å². The first-order valence-electron chi connectivity index (χ1n) is 12.5. The summed E-state index contributed by atoms with van der Waals surface area (Å²) in [5.41, 5.74) is -1.13. The highest BCUT2D eigenvalue weighted by Crippen LogP contribution is 2.34. The molecule has 2 atom stereocenters. The third-order valence-electron chi connectivity index (χ3n) is 6.50. The maximum absolute atomic E-state index is 13.8. The molecule has 39 heavy (non-hydrogen) atoms. The molecule has 0 heterocycles. The highest BCUT2D eigenvalue weighted by molar-refractivity contribution is 7.89. The highest BCUT2D eigenvalue weighted by Gasteiger charge is 2.34. The van der Waals surface area contributed by atoms with Gasteiger partial charge in [-0.1, -0.05) is 25.1 Å². The number of hydrogen-bond donors (Lipinski definition) is 3. The summed E-state index contributed by atoms with van der Waals surface area (Å²) in [5.74, 6) is -2.36. The predicted molar refractivity (Wildman–Crippen MR) is 139 cm³/mol. The smallest absolute Gasteiger partial charge is 0.416 e. The number of nitrogens with one attached hydrogen (secondary N) is 1. The van der Waals surface area contributed by atoms with Crippen molar-refractivity contribution < 1.29 is 41.0 Å². The minimum absolute atomic E-state index is 0.00996. The molecule has 0 amide bonds. The van der Waals surface area contributed by atoms with Crippen molar-refractivity contribution >= 4 is 16.0 Å². The van der Waals surface area contributed by atoms with Gasteiger partial charge in [0.15, 0.2) is 0 Å². The van der Waals surface area contributed by atoms with E-state index < -0.39 is 63.2 Å². The van der Waals surface area contributed by atoms with Crippen LogP contribution < -0.4 is 5.32 Å². The van der Waals surface area contributed by atoms with Crippen LogP contribution in [0.4, 0.5) is 17.6 Å². The van der Waals surface area contributed by atoms with Gasteiger partial charge in [-0.2, -0.15) is 17.5 Å². The number of nitrogens with zero attached hydrogens (tertiary/aromatic N) is 1. The van der Waals surface area contributed by atoms with E-state index in [4.69, 9.17) is 5.11 Å². The molecule has 0 saturated carbocycles. The summed E-state index contributed by atoms with van der Waals surface area (Å²) in [6.07, 6.45) is -4.65. The van der Waals surface area contributed by atoms with Gasteiger partial charge >= 0.3 is 12.1 Å². The lowest BCUT2D eigenvalue weighted by Gasteiger charge is -2.29. The van der Waals surface area contributed by atoms with Gasteiger partial charge in [0, 0.05) is 25.7 Å². The minimum Gasteiger partial charge on any atom is -0.481 e. The molecule has 0 spiro atoms. The number of likely N-dealkylation sites (N-methyl/N-ethyl adjacent to an activating group) is 1. The van der Waals surface area contributed by atoms with E-state index in [-0.39, 0.29) is 17.9 Å². The first-order chi connectivity index (χ1) is 17.9. The number of hydrogen-bond acceptors (Lipinski definition) is 5. The maximum atomic E-state index is 13.8. The quantitative estimate of drug-likeness (QED) is 0.279. The molecule has 0 aliphatic carbocycles. The minimum atomic E-state index is -4.84. The fourth-order valence-corrected chi connectivity index (χ4v) is 5.43. The number of benzene rings is 2. The van der Waals surface area contributed by atoms with Crippen molar-refractivity contribution in [3.63, 3.8) is 0 Å². The predicted octanol–water partition coefficient (Wildman–Crippen LogP) is 4.80. The van der Waals surface area contributed by atoms with Crippen LogP contribution in [0, 0.1) is 5.82 Å². The van der Waals surface area contributed by atoms with Gasteiger partial charge in [-0.3, -0.25) is 4.79 Å². The fraction of sp³-hybridized carbons (Fsp3) is 0.519. The largest absolute Gasteiger partial charge is 0.481 e. The molecule has 7 nitrogen and oxygen atoms in total. The average molecular weight is 577 g/mol. The topological polar surface area (TPSA) is 107 Å². The molecule has 3 N–H and O–H groups in total. The van der Waals surface area contributed by atoms with Gasteiger partial charge in [0.2, 0.25) is 10.0 Å². The van der Waals surface area contributed by atoms with Crippen LogP contribution in [0.2, 0.25) is 0 Å². The maximum Gasteiger partial charge on any atom is 0.416 e. The van der Waals surface area contributed by atoms with Gasteiger partial charge in [0.05, 0.1) is 23.0 Å². The molecule has 2 aromatic carbocycles. The van der Waals surface area contributed by atoms with Gasteiger partial charge in [0.25, 0.3) is 0 Å². The lowest BCUT2D eigenvalue weighted by Crippen LogP contribution is -2.46. The molecule has 0 saturated heterocycles. The lowest BCUT2D eigenvalue weighted by molar-refractivity contribution is -0.138. The Morgan fingerprint density at radius 2 is 1.77 bits per heavy atom. The van der Waals surface area contributed by atoms with Crippen molar-refractivity contribution in [2.24, 2.45) is 0 Å². The molecular formula is C27H36F4N2O5S. The van der Waals surface area contributed by atoms with Gasteiger partial charge in [-0.05, 0) is 74.4 Å². The molecule has 2 rings (SSSR count). The van der Waals surface area contributed by atoms with E-state index in [1.807, 2.05) is 13.8 Å². The zero-order valence-electron chi connectivity index (χ0n) is 22.4. The zero-order valence-corrected chi connectivity index (χ0v) is 23.2. The van der Waals surface area contributed by atoms with Gasteiger partial charge < -0.3 is 15.5 Å². The first-order valence-corrected chi connectivity index (χ1v) is 13.9. The molecule has 2 unspecified atom stereocenters. The average Bonchev–Trinajstić information content (AvgIpc) is 2.82. The molecule has 0 aliphatic heterocycles. The van der Waals surface area contributed by atoms with E-state index in [2.05, 4.69) is 5.32 Å². The third-order valence-corrected chi connectivity index (χ3v) is 8.31. The molecule has 0 radical (unpaired) electrons. The molecule has 0 fully saturated rings. The van der Waals surface area contributed by atoms with Crippen LogP contribution >= 0.6 is 0 Å². The summed E-state index contributed by atoms with van der Waals surface area (Å²) in [7, 11) is -3.29. The van der Waals surface area contributed by atoms with Crippen molar-refractivity contribution in [2.75, 3.05) is 20.1 Å². The second-order valence-electron chi connectivity index (χ2n) is 10.4. The number of sulfonamides is 1. The number of carbonyl (C=O) groups is 1. The van der Waals surface area contributed by atoms with Crippen LogP contribution in [0.1, 0.15) is 62.6 Å². The number of carboxylic acid groups (broad SMARTS) is 1. The Bertz CT molecular complexity index is 1230. The molecule has 2 aromatic rings. The second kappa shape index (κ2) is 13.2. The molecule has 12 heteroatoms. The summed E-state index contributed by atoms with van der Waals surface area (Å²) < 4.78 is 81.3. The number of aliphatic carboxylic acids is 1. The number of β-amino-alcohol motifs (C(OH)–C–C–N with tert-alkyl or cyclic N) is 1. The Balaban J connectivity index is 2.06. The highest BCUT2D eigenvalue weighted by atomic mass is 32.2.